The van der Waals surface area contributed by atoms with E-state index >= 15 is 0 Å². The number of carbonyl (C=O) groups excluding carboxylic acids is 1. The number of ether oxygens (including phenoxy) is 1. The molecule has 106 valence electrons. The van der Waals surface area contributed by atoms with E-state index in [1.807, 2.05) is 17.7 Å². The number of halogens is 2. The maximum atomic E-state index is 12.2. The van der Waals surface area contributed by atoms with Gasteiger partial charge in [0.25, 0.3) is 5.91 Å². The van der Waals surface area contributed by atoms with Crippen molar-refractivity contribution < 1.29 is 9.53 Å². The normalized spacial score (nSPS) is 10.4. The molecule has 4 nitrogen and oxygen atoms in total. The average molecular weight is 358 g/mol. The third kappa shape index (κ3) is 3.16. The topological polar surface area (TPSA) is 43.3 Å². The monoisotopic (exact) mass is 356 g/mol. The Bertz CT molecular complexity index is 640. The number of rotatable bonds is 4. The van der Waals surface area contributed by atoms with Crippen LogP contribution in [0.3, 0.4) is 0 Å². The van der Waals surface area contributed by atoms with E-state index in [4.69, 9.17) is 16.3 Å². The van der Waals surface area contributed by atoms with Gasteiger partial charge in [-0.2, -0.15) is 0 Å². The van der Waals surface area contributed by atoms with E-state index in [9.17, 15) is 4.79 Å². The van der Waals surface area contributed by atoms with Crippen LogP contribution in [-0.4, -0.2) is 17.6 Å². The lowest BCUT2D eigenvalue weighted by atomic mass is 10.3. The molecule has 2 aromatic rings. The highest BCUT2D eigenvalue weighted by atomic mass is 79.9. The van der Waals surface area contributed by atoms with Crippen molar-refractivity contribution in [1.82, 2.24) is 4.57 Å². The number of methoxy groups -OCH3 is 1. The number of hydrogen-bond acceptors (Lipinski definition) is 2. The summed E-state index contributed by atoms with van der Waals surface area (Å²) in [5, 5.41) is 3.27. The van der Waals surface area contributed by atoms with Crippen molar-refractivity contribution in [3.05, 3.63) is 45.7 Å². The van der Waals surface area contributed by atoms with Crippen LogP contribution < -0.4 is 10.1 Å². The molecule has 0 fully saturated rings. The van der Waals surface area contributed by atoms with Crippen molar-refractivity contribution in [3.8, 4) is 5.75 Å². The van der Waals surface area contributed by atoms with Crippen LogP contribution in [0.1, 0.15) is 17.4 Å². The molecular formula is C14H14BrClN2O2. The van der Waals surface area contributed by atoms with Gasteiger partial charge in [-0.3, -0.25) is 4.79 Å². The van der Waals surface area contributed by atoms with Crippen molar-refractivity contribution in [2.45, 2.75) is 13.5 Å². The second kappa shape index (κ2) is 6.33. The summed E-state index contributed by atoms with van der Waals surface area (Å²) in [6.45, 7) is 2.70. The van der Waals surface area contributed by atoms with E-state index in [-0.39, 0.29) is 5.91 Å². The van der Waals surface area contributed by atoms with Crippen molar-refractivity contribution in [2.24, 2.45) is 0 Å². The van der Waals surface area contributed by atoms with Crippen molar-refractivity contribution in [2.75, 3.05) is 12.4 Å². The molecule has 1 heterocycles. The highest BCUT2D eigenvalue weighted by Crippen LogP contribution is 2.27. The standard InChI is InChI=1S/C14H14BrClN2O2/c1-3-18-8-9(15)6-12(18)14(19)17-10-4-5-13(20-2)11(16)7-10/h4-8H,3H2,1-2H3,(H,17,19). The van der Waals surface area contributed by atoms with Crippen LogP contribution in [0.25, 0.3) is 0 Å². The molecule has 0 atom stereocenters. The molecule has 0 aliphatic carbocycles. The number of anilines is 1. The van der Waals surface area contributed by atoms with Gasteiger partial charge >= 0.3 is 0 Å². The summed E-state index contributed by atoms with van der Waals surface area (Å²) < 4.78 is 7.81. The highest BCUT2D eigenvalue weighted by molar-refractivity contribution is 9.10. The first-order valence-corrected chi connectivity index (χ1v) is 7.22. The molecule has 0 aliphatic heterocycles. The Morgan fingerprint density at radius 1 is 1.45 bits per heavy atom. The summed E-state index contributed by atoms with van der Waals surface area (Å²) in [7, 11) is 1.55. The number of aryl methyl sites for hydroxylation is 1. The molecule has 1 aromatic carbocycles. The summed E-state index contributed by atoms with van der Waals surface area (Å²) in [4.78, 5) is 12.2. The molecule has 1 aromatic heterocycles. The van der Waals surface area contributed by atoms with Crippen molar-refractivity contribution >= 4 is 39.1 Å². The van der Waals surface area contributed by atoms with Gasteiger partial charge in [-0.05, 0) is 47.1 Å². The van der Waals surface area contributed by atoms with E-state index < -0.39 is 0 Å². The fourth-order valence-corrected chi connectivity index (χ4v) is 2.59. The van der Waals surface area contributed by atoms with Gasteiger partial charge in [-0.15, -0.1) is 0 Å². The molecule has 0 spiro atoms. The predicted octanol–water partition coefficient (Wildman–Crippen LogP) is 4.18. The van der Waals surface area contributed by atoms with Crippen LogP contribution in [0.2, 0.25) is 5.02 Å². The number of nitrogens with one attached hydrogen (secondary N) is 1. The van der Waals surface area contributed by atoms with Gasteiger partial charge in [0.1, 0.15) is 11.4 Å². The molecule has 0 aliphatic rings. The minimum absolute atomic E-state index is 0.182. The first kappa shape index (κ1) is 14.9. The van der Waals surface area contributed by atoms with E-state index in [1.54, 1.807) is 31.4 Å². The number of amides is 1. The first-order chi connectivity index (χ1) is 9.55. The Morgan fingerprint density at radius 2 is 2.20 bits per heavy atom. The lowest BCUT2D eigenvalue weighted by Crippen LogP contribution is -2.16. The van der Waals surface area contributed by atoms with Gasteiger partial charge in [0.2, 0.25) is 0 Å². The van der Waals surface area contributed by atoms with Gasteiger partial charge in [0.05, 0.1) is 12.1 Å². The fraction of sp³-hybridized carbons (Fsp3) is 0.214. The maximum Gasteiger partial charge on any atom is 0.272 e. The van der Waals surface area contributed by atoms with Crippen LogP contribution >= 0.6 is 27.5 Å². The Hall–Kier alpha value is -1.46. The minimum atomic E-state index is -0.182. The number of benzene rings is 1. The Kier molecular flexibility index (Phi) is 4.73. The molecule has 0 unspecified atom stereocenters. The molecule has 6 heteroatoms. The smallest absolute Gasteiger partial charge is 0.272 e. The summed E-state index contributed by atoms with van der Waals surface area (Å²) >= 11 is 9.40. The van der Waals surface area contributed by atoms with Gasteiger partial charge in [0, 0.05) is 22.9 Å². The summed E-state index contributed by atoms with van der Waals surface area (Å²) in [5.41, 5.74) is 1.21. The molecule has 0 bridgehead atoms. The second-order valence-corrected chi connectivity index (χ2v) is 5.46. The third-order valence-corrected chi connectivity index (χ3v) is 3.58. The molecule has 0 saturated heterocycles. The van der Waals surface area contributed by atoms with E-state index in [0.717, 1.165) is 11.0 Å². The van der Waals surface area contributed by atoms with Crippen LogP contribution in [0, 0.1) is 0 Å². The zero-order chi connectivity index (χ0) is 14.7. The number of carbonyl (C=O) groups is 1. The maximum absolute atomic E-state index is 12.2. The Balaban J connectivity index is 2.21. The molecular weight excluding hydrogens is 344 g/mol. The van der Waals surface area contributed by atoms with Crippen LogP contribution in [0.4, 0.5) is 5.69 Å². The zero-order valence-corrected chi connectivity index (χ0v) is 13.5. The Labute approximate surface area is 130 Å². The number of aromatic nitrogens is 1. The van der Waals surface area contributed by atoms with Crippen LogP contribution in [0.5, 0.6) is 5.75 Å². The molecule has 2 rings (SSSR count). The molecule has 0 saturated carbocycles. The first-order valence-electron chi connectivity index (χ1n) is 6.05. The average Bonchev–Trinajstić information content (AvgIpc) is 2.80. The summed E-state index contributed by atoms with van der Waals surface area (Å²) in [5.74, 6) is 0.392. The molecule has 1 amide bonds. The van der Waals surface area contributed by atoms with Gasteiger partial charge in [0.15, 0.2) is 0 Å². The fourth-order valence-electron chi connectivity index (χ4n) is 1.87. The predicted molar refractivity (Wildman–Crippen MR) is 83.8 cm³/mol. The van der Waals surface area contributed by atoms with Crippen molar-refractivity contribution in [1.29, 1.82) is 0 Å². The number of hydrogen-bond donors (Lipinski definition) is 1. The SMILES string of the molecule is CCn1cc(Br)cc1C(=O)Nc1ccc(OC)c(Cl)c1. The highest BCUT2D eigenvalue weighted by Gasteiger charge is 2.13. The van der Waals surface area contributed by atoms with Crippen molar-refractivity contribution in [3.63, 3.8) is 0 Å². The molecule has 1 N–H and O–H groups in total. The van der Waals surface area contributed by atoms with E-state index in [2.05, 4.69) is 21.2 Å². The summed E-state index contributed by atoms with van der Waals surface area (Å²) in [6.07, 6.45) is 1.87. The van der Waals surface area contributed by atoms with E-state index in [0.29, 0.717) is 22.2 Å². The third-order valence-electron chi connectivity index (χ3n) is 2.85. The quantitative estimate of drug-likeness (QED) is 0.892. The molecule has 0 radical (unpaired) electrons. The van der Waals surface area contributed by atoms with Crippen LogP contribution in [0.15, 0.2) is 34.9 Å². The summed E-state index contributed by atoms with van der Waals surface area (Å²) in [6, 6.07) is 6.90. The minimum Gasteiger partial charge on any atom is -0.495 e. The zero-order valence-electron chi connectivity index (χ0n) is 11.1. The van der Waals surface area contributed by atoms with Gasteiger partial charge in [-0.1, -0.05) is 11.6 Å². The lowest BCUT2D eigenvalue weighted by Gasteiger charge is -2.09. The van der Waals surface area contributed by atoms with Crippen LogP contribution in [-0.2, 0) is 6.54 Å². The van der Waals surface area contributed by atoms with Gasteiger partial charge in [-0.25, -0.2) is 0 Å². The lowest BCUT2D eigenvalue weighted by molar-refractivity contribution is 0.101. The van der Waals surface area contributed by atoms with Gasteiger partial charge < -0.3 is 14.6 Å². The molecule has 20 heavy (non-hydrogen) atoms. The second-order valence-electron chi connectivity index (χ2n) is 4.13. The largest absolute Gasteiger partial charge is 0.495 e. The number of nitrogens with zero attached hydrogens (tertiary/aromatic N) is 1. The van der Waals surface area contributed by atoms with E-state index in [1.165, 1.54) is 0 Å². The Morgan fingerprint density at radius 3 is 2.80 bits per heavy atom.